The first-order chi connectivity index (χ1) is 9.56. The van der Waals surface area contributed by atoms with Gasteiger partial charge in [0.25, 0.3) is 0 Å². The van der Waals surface area contributed by atoms with E-state index in [1.54, 1.807) is 0 Å². The average Bonchev–Trinajstić information content (AvgIpc) is 2.89. The number of nitrogens with zero attached hydrogens (tertiary/aromatic N) is 1. The Labute approximate surface area is 125 Å². The van der Waals surface area contributed by atoms with Gasteiger partial charge in [-0.25, -0.2) is 9.59 Å². The molecule has 1 unspecified atom stereocenters. The van der Waals surface area contributed by atoms with E-state index in [-0.39, 0.29) is 18.5 Å². The van der Waals surface area contributed by atoms with E-state index in [4.69, 9.17) is 21.1 Å². The number of likely N-dealkylation sites (tertiary alicyclic amines) is 1. The number of esters is 1. The summed E-state index contributed by atoms with van der Waals surface area (Å²) in [7, 11) is 0. The SMILES string of the molecule is CC(C)CCCOC(=O)C1CCCN1C(=O)OCCCl. The number of rotatable bonds is 7. The Hall–Kier alpha value is -0.970. The normalized spacial score (nSPS) is 18.4. The third-order valence-electron chi connectivity index (χ3n) is 3.23. The molecular weight excluding hydrogens is 282 g/mol. The maximum Gasteiger partial charge on any atom is 0.410 e. The maximum absolute atomic E-state index is 12.0. The lowest BCUT2D eigenvalue weighted by Gasteiger charge is -2.22. The van der Waals surface area contributed by atoms with E-state index in [1.807, 2.05) is 0 Å². The Balaban J connectivity index is 2.35. The lowest BCUT2D eigenvalue weighted by atomic mass is 10.1. The van der Waals surface area contributed by atoms with E-state index >= 15 is 0 Å². The lowest BCUT2D eigenvalue weighted by Crippen LogP contribution is -2.42. The number of alkyl halides is 1. The van der Waals surface area contributed by atoms with Crippen LogP contribution in [0.5, 0.6) is 0 Å². The molecule has 1 heterocycles. The number of ether oxygens (including phenoxy) is 2. The predicted octanol–water partition coefficient (Wildman–Crippen LogP) is 2.81. The van der Waals surface area contributed by atoms with E-state index in [0.29, 0.717) is 25.5 Å². The Bertz CT molecular complexity index is 322. The van der Waals surface area contributed by atoms with Gasteiger partial charge in [-0.2, -0.15) is 0 Å². The maximum atomic E-state index is 12.0. The van der Waals surface area contributed by atoms with E-state index in [2.05, 4.69) is 13.8 Å². The zero-order chi connectivity index (χ0) is 15.0. The van der Waals surface area contributed by atoms with Crippen LogP contribution in [0.3, 0.4) is 0 Å². The second-order valence-corrected chi connectivity index (χ2v) is 5.74. The molecule has 0 aliphatic carbocycles. The van der Waals surface area contributed by atoms with Crippen LogP contribution < -0.4 is 0 Å². The molecule has 0 spiro atoms. The fraction of sp³-hybridized carbons (Fsp3) is 0.857. The quantitative estimate of drug-likeness (QED) is 0.412. The molecule has 0 radical (unpaired) electrons. The molecule has 1 aliphatic heterocycles. The fourth-order valence-corrected chi connectivity index (χ4v) is 2.28. The second-order valence-electron chi connectivity index (χ2n) is 5.36. The van der Waals surface area contributed by atoms with Gasteiger partial charge >= 0.3 is 12.1 Å². The van der Waals surface area contributed by atoms with Crippen LogP contribution in [0.4, 0.5) is 4.79 Å². The van der Waals surface area contributed by atoms with Crippen molar-refractivity contribution in [3.05, 3.63) is 0 Å². The zero-order valence-corrected chi connectivity index (χ0v) is 13.0. The van der Waals surface area contributed by atoms with Gasteiger partial charge in [-0.15, -0.1) is 11.6 Å². The predicted molar refractivity (Wildman–Crippen MR) is 76.8 cm³/mol. The van der Waals surface area contributed by atoms with Gasteiger partial charge in [0.05, 0.1) is 12.5 Å². The van der Waals surface area contributed by atoms with Crippen molar-refractivity contribution < 1.29 is 19.1 Å². The first-order valence-electron chi connectivity index (χ1n) is 7.22. The Kier molecular flexibility index (Phi) is 7.73. The molecule has 0 saturated carbocycles. The first kappa shape index (κ1) is 17.1. The summed E-state index contributed by atoms with van der Waals surface area (Å²) in [5.74, 6) is 0.528. The molecule has 1 fully saturated rings. The molecule has 0 aromatic carbocycles. The van der Waals surface area contributed by atoms with Crippen molar-refractivity contribution in [3.8, 4) is 0 Å². The van der Waals surface area contributed by atoms with E-state index < -0.39 is 12.1 Å². The van der Waals surface area contributed by atoms with Crippen molar-refractivity contribution in [3.63, 3.8) is 0 Å². The van der Waals surface area contributed by atoms with Crippen LogP contribution in [-0.2, 0) is 14.3 Å². The molecular formula is C14H24ClNO4. The fourth-order valence-electron chi connectivity index (χ4n) is 2.20. The van der Waals surface area contributed by atoms with Gasteiger partial charge in [0.2, 0.25) is 0 Å². The van der Waals surface area contributed by atoms with Crippen LogP contribution >= 0.6 is 11.6 Å². The number of amides is 1. The minimum absolute atomic E-state index is 0.160. The molecule has 1 aliphatic rings. The van der Waals surface area contributed by atoms with Gasteiger partial charge in [-0.05, 0) is 31.6 Å². The van der Waals surface area contributed by atoms with Crippen LogP contribution in [0.1, 0.15) is 39.5 Å². The number of carbonyl (C=O) groups excluding carboxylic acids is 2. The molecule has 1 saturated heterocycles. The third kappa shape index (κ3) is 5.57. The van der Waals surface area contributed by atoms with E-state index in [0.717, 1.165) is 19.3 Å². The van der Waals surface area contributed by atoms with Crippen LogP contribution in [-0.4, -0.2) is 48.6 Å². The van der Waals surface area contributed by atoms with E-state index in [9.17, 15) is 9.59 Å². The standard InChI is InChI=1S/C14H24ClNO4/c1-11(2)5-4-9-19-13(17)12-6-3-8-16(12)14(18)20-10-7-15/h11-12H,3-10H2,1-2H3. The monoisotopic (exact) mass is 305 g/mol. The first-order valence-corrected chi connectivity index (χ1v) is 7.75. The lowest BCUT2D eigenvalue weighted by molar-refractivity contribution is -0.148. The molecule has 0 N–H and O–H groups in total. The summed E-state index contributed by atoms with van der Waals surface area (Å²) in [6, 6.07) is -0.503. The molecule has 1 atom stereocenters. The summed E-state index contributed by atoms with van der Waals surface area (Å²) in [6.07, 6.45) is 2.83. The van der Waals surface area contributed by atoms with Crippen molar-refractivity contribution >= 4 is 23.7 Å². The van der Waals surface area contributed by atoms with Crippen LogP contribution in [0.2, 0.25) is 0 Å². The number of halogens is 1. The molecule has 1 amide bonds. The molecule has 5 nitrogen and oxygen atoms in total. The van der Waals surface area contributed by atoms with Crippen LogP contribution in [0.25, 0.3) is 0 Å². The summed E-state index contributed by atoms with van der Waals surface area (Å²) in [5, 5.41) is 0. The molecule has 0 aromatic rings. The Morgan fingerprint density at radius 3 is 2.70 bits per heavy atom. The van der Waals surface area contributed by atoms with Gasteiger partial charge in [0.15, 0.2) is 0 Å². The van der Waals surface area contributed by atoms with Crippen molar-refractivity contribution in [2.75, 3.05) is 25.6 Å². The topological polar surface area (TPSA) is 55.8 Å². The summed E-state index contributed by atoms with van der Waals surface area (Å²) in [4.78, 5) is 25.2. The largest absolute Gasteiger partial charge is 0.464 e. The highest BCUT2D eigenvalue weighted by Gasteiger charge is 2.36. The van der Waals surface area contributed by atoms with Gasteiger partial charge in [0.1, 0.15) is 12.6 Å². The zero-order valence-electron chi connectivity index (χ0n) is 12.3. The van der Waals surface area contributed by atoms with Gasteiger partial charge < -0.3 is 9.47 Å². The summed E-state index contributed by atoms with van der Waals surface area (Å²) in [6.45, 7) is 5.37. The van der Waals surface area contributed by atoms with Crippen molar-refractivity contribution in [1.82, 2.24) is 4.90 Å². The van der Waals surface area contributed by atoms with Crippen molar-refractivity contribution in [2.45, 2.75) is 45.6 Å². The number of hydrogen-bond donors (Lipinski definition) is 0. The third-order valence-corrected chi connectivity index (χ3v) is 3.39. The molecule has 20 heavy (non-hydrogen) atoms. The average molecular weight is 306 g/mol. The summed E-state index contributed by atoms with van der Waals surface area (Å²) < 4.78 is 10.2. The van der Waals surface area contributed by atoms with Crippen molar-refractivity contribution in [1.29, 1.82) is 0 Å². The van der Waals surface area contributed by atoms with Crippen molar-refractivity contribution in [2.24, 2.45) is 5.92 Å². The highest BCUT2D eigenvalue weighted by Crippen LogP contribution is 2.19. The summed E-state index contributed by atoms with van der Waals surface area (Å²) >= 11 is 5.47. The Morgan fingerprint density at radius 1 is 1.30 bits per heavy atom. The molecule has 116 valence electrons. The number of carbonyl (C=O) groups is 2. The minimum atomic E-state index is -0.503. The second kappa shape index (κ2) is 9.06. The van der Waals surface area contributed by atoms with Crippen LogP contribution in [0, 0.1) is 5.92 Å². The Morgan fingerprint density at radius 2 is 2.05 bits per heavy atom. The minimum Gasteiger partial charge on any atom is -0.464 e. The molecule has 1 rings (SSSR count). The molecule has 0 aromatic heterocycles. The highest BCUT2D eigenvalue weighted by atomic mass is 35.5. The van der Waals surface area contributed by atoms with E-state index in [1.165, 1.54) is 4.90 Å². The van der Waals surface area contributed by atoms with Gasteiger partial charge in [-0.3, -0.25) is 4.90 Å². The molecule has 6 heteroatoms. The smallest absolute Gasteiger partial charge is 0.410 e. The van der Waals surface area contributed by atoms with Gasteiger partial charge in [-0.1, -0.05) is 13.8 Å². The molecule has 0 bridgehead atoms. The highest BCUT2D eigenvalue weighted by molar-refractivity contribution is 6.18. The number of hydrogen-bond acceptors (Lipinski definition) is 4. The van der Waals surface area contributed by atoms with Gasteiger partial charge in [0, 0.05) is 6.54 Å². The summed E-state index contributed by atoms with van der Waals surface area (Å²) in [5.41, 5.74) is 0. The van der Waals surface area contributed by atoms with Crippen LogP contribution in [0.15, 0.2) is 0 Å².